The molecule has 1 aliphatic rings. The zero-order valence-electron chi connectivity index (χ0n) is 9.61. The molecule has 16 heavy (non-hydrogen) atoms. The van der Waals surface area contributed by atoms with E-state index in [4.69, 9.17) is 0 Å². The maximum Gasteiger partial charge on any atom is 0.239 e. The van der Waals surface area contributed by atoms with Crippen molar-refractivity contribution in [3.05, 3.63) is 22.4 Å². The Bertz CT molecular complexity index is 337. The predicted molar refractivity (Wildman–Crippen MR) is 66.7 cm³/mol. The first kappa shape index (κ1) is 11.6. The first-order chi connectivity index (χ1) is 7.81. The SMILES string of the molecule is CCC1NCCN(CCc2ccsc2)C1=O. The van der Waals surface area contributed by atoms with Crippen molar-refractivity contribution in [2.75, 3.05) is 19.6 Å². The molecule has 1 atom stereocenters. The molecular weight excluding hydrogens is 220 g/mol. The van der Waals surface area contributed by atoms with E-state index in [1.807, 2.05) is 4.90 Å². The van der Waals surface area contributed by atoms with Crippen LogP contribution in [0.1, 0.15) is 18.9 Å². The zero-order valence-corrected chi connectivity index (χ0v) is 10.4. The Balaban J connectivity index is 1.87. The number of thiophene rings is 1. The number of nitrogens with one attached hydrogen (secondary N) is 1. The normalized spacial score (nSPS) is 21.4. The van der Waals surface area contributed by atoms with Gasteiger partial charge in [-0.05, 0) is 35.2 Å². The molecule has 0 bridgehead atoms. The average molecular weight is 238 g/mol. The molecule has 1 unspecified atom stereocenters. The first-order valence-electron chi connectivity index (χ1n) is 5.84. The topological polar surface area (TPSA) is 32.3 Å². The molecular formula is C12H18N2OS. The summed E-state index contributed by atoms with van der Waals surface area (Å²) in [4.78, 5) is 14.0. The van der Waals surface area contributed by atoms with Crippen LogP contribution in [0.15, 0.2) is 16.8 Å². The molecule has 1 aromatic rings. The van der Waals surface area contributed by atoms with Crippen molar-refractivity contribution in [3.63, 3.8) is 0 Å². The van der Waals surface area contributed by atoms with Gasteiger partial charge in [0.1, 0.15) is 0 Å². The van der Waals surface area contributed by atoms with Crippen molar-refractivity contribution in [2.24, 2.45) is 0 Å². The number of piperazine rings is 1. The lowest BCUT2D eigenvalue weighted by Gasteiger charge is -2.32. The molecule has 1 aliphatic heterocycles. The van der Waals surface area contributed by atoms with E-state index in [0.29, 0.717) is 0 Å². The first-order valence-corrected chi connectivity index (χ1v) is 6.78. The van der Waals surface area contributed by atoms with Gasteiger partial charge in [0.25, 0.3) is 0 Å². The van der Waals surface area contributed by atoms with Crippen LogP contribution in [0.5, 0.6) is 0 Å². The van der Waals surface area contributed by atoms with E-state index in [0.717, 1.165) is 32.5 Å². The lowest BCUT2D eigenvalue weighted by atomic mass is 10.1. The number of rotatable bonds is 4. The van der Waals surface area contributed by atoms with Crippen molar-refractivity contribution < 1.29 is 4.79 Å². The summed E-state index contributed by atoms with van der Waals surface area (Å²) in [7, 11) is 0. The summed E-state index contributed by atoms with van der Waals surface area (Å²) in [5.74, 6) is 0.268. The van der Waals surface area contributed by atoms with Crippen LogP contribution in [0.25, 0.3) is 0 Å². The van der Waals surface area contributed by atoms with Crippen LogP contribution in [-0.4, -0.2) is 36.5 Å². The highest BCUT2D eigenvalue weighted by Crippen LogP contribution is 2.10. The third kappa shape index (κ3) is 2.62. The fraction of sp³-hybridized carbons (Fsp3) is 0.583. The number of amides is 1. The van der Waals surface area contributed by atoms with Gasteiger partial charge >= 0.3 is 0 Å². The van der Waals surface area contributed by atoms with Crippen molar-refractivity contribution >= 4 is 17.2 Å². The summed E-state index contributed by atoms with van der Waals surface area (Å²) in [5, 5.41) is 7.50. The van der Waals surface area contributed by atoms with E-state index in [1.54, 1.807) is 11.3 Å². The van der Waals surface area contributed by atoms with Crippen LogP contribution in [0, 0.1) is 0 Å². The summed E-state index contributed by atoms with van der Waals surface area (Å²) >= 11 is 1.72. The summed E-state index contributed by atoms with van der Waals surface area (Å²) in [6.45, 7) is 4.68. The lowest BCUT2D eigenvalue weighted by Crippen LogP contribution is -2.55. The molecule has 0 saturated carbocycles. The number of hydrogen-bond donors (Lipinski definition) is 1. The second-order valence-electron chi connectivity index (χ2n) is 4.12. The molecule has 0 spiro atoms. The van der Waals surface area contributed by atoms with E-state index < -0.39 is 0 Å². The summed E-state index contributed by atoms with van der Waals surface area (Å²) in [5.41, 5.74) is 1.34. The Labute approximate surface area is 100 Å². The van der Waals surface area contributed by atoms with Crippen molar-refractivity contribution in [3.8, 4) is 0 Å². The van der Waals surface area contributed by atoms with Gasteiger partial charge in [-0.15, -0.1) is 0 Å². The number of carbonyl (C=O) groups excluding carboxylic acids is 1. The number of nitrogens with zero attached hydrogens (tertiary/aromatic N) is 1. The smallest absolute Gasteiger partial charge is 0.239 e. The highest BCUT2D eigenvalue weighted by atomic mass is 32.1. The van der Waals surface area contributed by atoms with Crippen molar-refractivity contribution in [1.29, 1.82) is 0 Å². The fourth-order valence-electron chi connectivity index (χ4n) is 2.03. The predicted octanol–water partition coefficient (Wildman–Crippen LogP) is 1.50. The van der Waals surface area contributed by atoms with Crippen LogP contribution >= 0.6 is 11.3 Å². The van der Waals surface area contributed by atoms with Gasteiger partial charge < -0.3 is 10.2 Å². The van der Waals surface area contributed by atoms with Gasteiger partial charge in [0.05, 0.1) is 6.04 Å². The standard InChI is InChI=1S/C12H18N2OS/c1-2-11-12(15)14(7-5-13-11)6-3-10-4-8-16-9-10/h4,8-9,11,13H,2-3,5-7H2,1H3. The Kier molecular flexibility index (Phi) is 3.96. The molecule has 1 fully saturated rings. The molecule has 4 heteroatoms. The average Bonchev–Trinajstić information content (AvgIpc) is 2.81. The minimum absolute atomic E-state index is 0.0382. The minimum atomic E-state index is 0.0382. The maximum absolute atomic E-state index is 12.0. The molecule has 2 rings (SSSR count). The highest BCUT2D eigenvalue weighted by molar-refractivity contribution is 7.07. The Hall–Kier alpha value is -0.870. The molecule has 0 aromatic carbocycles. The van der Waals surface area contributed by atoms with Crippen LogP contribution < -0.4 is 5.32 Å². The van der Waals surface area contributed by atoms with E-state index in [-0.39, 0.29) is 11.9 Å². The molecule has 88 valence electrons. The lowest BCUT2D eigenvalue weighted by molar-refractivity contribution is -0.135. The van der Waals surface area contributed by atoms with Gasteiger partial charge in [-0.25, -0.2) is 0 Å². The van der Waals surface area contributed by atoms with E-state index in [1.165, 1.54) is 5.56 Å². The molecule has 0 aliphatic carbocycles. The van der Waals surface area contributed by atoms with Crippen LogP contribution in [0.4, 0.5) is 0 Å². The number of hydrogen-bond acceptors (Lipinski definition) is 3. The fourth-order valence-corrected chi connectivity index (χ4v) is 2.73. The summed E-state index contributed by atoms with van der Waals surface area (Å²) in [6.07, 6.45) is 1.86. The molecule has 0 radical (unpaired) electrons. The van der Waals surface area contributed by atoms with Gasteiger partial charge in [-0.2, -0.15) is 11.3 Å². The van der Waals surface area contributed by atoms with Crippen molar-refractivity contribution in [1.82, 2.24) is 10.2 Å². The Morgan fingerprint density at radius 2 is 2.50 bits per heavy atom. The Morgan fingerprint density at radius 3 is 3.19 bits per heavy atom. The van der Waals surface area contributed by atoms with E-state index in [2.05, 4.69) is 29.1 Å². The third-order valence-electron chi connectivity index (χ3n) is 3.04. The summed E-state index contributed by atoms with van der Waals surface area (Å²) < 4.78 is 0. The zero-order chi connectivity index (χ0) is 11.4. The second-order valence-corrected chi connectivity index (χ2v) is 4.90. The van der Waals surface area contributed by atoms with E-state index in [9.17, 15) is 4.79 Å². The van der Waals surface area contributed by atoms with Gasteiger partial charge in [0.15, 0.2) is 0 Å². The van der Waals surface area contributed by atoms with Crippen LogP contribution in [0.3, 0.4) is 0 Å². The van der Waals surface area contributed by atoms with E-state index >= 15 is 0 Å². The summed E-state index contributed by atoms with van der Waals surface area (Å²) in [6, 6.07) is 2.17. The molecule has 1 N–H and O–H groups in total. The Morgan fingerprint density at radius 1 is 1.62 bits per heavy atom. The third-order valence-corrected chi connectivity index (χ3v) is 3.77. The second kappa shape index (κ2) is 5.46. The quantitative estimate of drug-likeness (QED) is 0.862. The van der Waals surface area contributed by atoms with Gasteiger partial charge in [0, 0.05) is 19.6 Å². The van der Waals surface area contributed by atoms with Crippen molar-refractivity contribution in [2.45, 2.75) is 25.8 Å². The highest BCUT2D eigenvalue weighted by Gasteiger charge is 2.26. The maximum atomic E-state index is 12.0. The van der Waals surface area contributed by atoms with Crippen LogP contribution in [-0.2, 0) is 11.2 Å². The minimum Gasteiger partial charge on any atom is -0.340 e. The molecule has 2 heterocycles. The van der Waals surface area contributed by atoms with Crippen LogP contribution in [0.2, 0.25) is 0 Å². The molecule has 3 nitrogen and oxygen atoms in total. The molecule has 1 aromatic heterocycles. The molecule has 1 amide bonds. The van der Waals surface area contributed by atoms with Gasteiger partial charge in [-0.1, -0.05) is 6.92 Å². The monoisotopic (exact) mass is 238 g/mol. The van der Waals surface area contributed by atoms with Gasteiger partial charge in [0.2, 0.25) is 5.91 Å². The van der Waals surface area contributed by atoms with Gasteiger partial charge in [-0.3, -0.25) is 4.79 Å². The largest absolute Gasteiger partial charge is 0.340 e. The number of carbonyl (C=O) groups is 1. The molecule has 1 saturated heterocycles.